The van der Waals surface area contributed by atoms with E-state index < -0.39 is 5.25 Å². The zero-order valence-corrected chi connectivity index (χ0v) is 16.8. The van der Waals surface area contributed by atoms with Gasteiger partial charge in [-0.15, -0.1) is 0 Å². The second-order valence-corrected chi connectivity index (χ2v) is 7.75. The Morgan fingerprint density at radius 3 is 2.31 bits per heavy atom. The van der Waals surface area contributed by atoms with Gasteiger partial charge in [0.1, 0.15) is 11.5 Å². The quantitative estimate of drug-likeness (QED) is 0.431. The number of oxazole rings is 1. The average molecular weight is 405 g/mol. The van der Waals surface area contributed by atoms with Gasteiger partial charge in [0, 0.05) is 17.2 Å². The lowest BCUT2D eigenvalue weighted by molar-refractivity contribution is -0.115. The highest BCUT2D eigenvalue weighted by Gasteiger charge is 2.22. The van der Waals surface area contributed by atoms with E-state index in [9.17, 15) is 4.79 Å². The normalized spacial score (nSPS) is 11.9. The third kappa shape index (κ3) is 4.41. The van der Waals surface area contributed by atoms with Gasteiger partial charge < -0.3 is 14.3 Å². The number of benzene rings is 2. The monoisotopic (exact) mass is 405 g/mol. The molecule has 0 spiro atoms. The molecule has 1 amide bonds. The second-order valence-electron chi connectivity index (χ2n) is 6.46. The molecule has 0 aliphatic carbocycles. The fourth-order valence-electron chi connectivity index (χ4n) is 2.79. The van der Waals surface area contributed by atoms with Crippen LogP contribution in [0.5, 0.6) is 0 Å². The molecule has 0 bridgehead atoms. The van der Waals surface area contributed by atoms with Crippen LogP contribution in [0.3, 0.4) is 0 Å². The highest BCUT2D eigenvalue weighted by Crippen LogP contribution is 2.36. The maximum absolute atomic E-state index is 12.5. The Kier molecular flexibility index (Phi) is 5.48. The maximum atomic E-state index is 12.5. The number of aromatic nitrogens is 2. The molecule has 0 saturated carbocycles. The SMILES string of the molecule is Cc1cc(NC(=O)[C@@H](C)Sc2nc(-c3ccccc3)c(-c3ccccc3)o2)no1. The largest absolute Gasteiger partial charge is 0.431 e. The van der Waals surface area contributed by atoms with Gasteiger partial charge in [-0.25, -0.2) is 4.98 Å². The Hall–Kier alpha value is -3.32. The summed E-state index contributed by atoms with van der Waals surface area (Å²) in [5.41, 5.74) is 2.64. The molecule has 0 fully saturated rings. The molecule has 0 aliphatic rings. The van der Waals surface area contributed by atoms with E-state index in [0.29, 0.717) is 22.6 Å². The van der Waals surface area contributed by atoms with Crippen molar-refractivity contribution in [3.63, 3.8) is 0 Å². The van der Waals surface area contributed by atoms with Gasteiger partial charge in [-0.3, -0.25) is 4.79 Å². The van der Waals surface area contributed by atoms with E-state index in [1.807, 2.05) is 60.7 Å². The summed E-state index contributed by atoms with van der Waals surface area (Å²) < 4.78 is 11.0. The Morgan fingerprint density at radius 2 is 1.69 bits per heavy atom. The van der Waals surface area contributed by atoms with Gasteiger partial charge in [-0.05, 0) is 13.8 Å². The molecular weight excluding hydrogens is 386 g/mol. The molecule has 0 saturated heterocycles. The van der Waals surface area contributed by atoms with E-state index in [-0.39, 0.29) is 5.91 Å². The number of carbonyl (C=O) groups is 1. The summed E-state index contributed by atoms with van der Waals surface area (Å²) in [6, 6.07) is 21.3. The molecule has 4 aromatic rings. The first-order valence-corrected chi connectivity index (χ1v) is 10.0. The van der Waals surface area contributed by atoms with Crippen LogP contribution in [0.2, 0.25) is 0 Å². The number of aryl methyl sites for hydroxylation is 1. The van der Waals surface area contributed by atoms with Crippen molar-refractivity contribution < 1.29 is 13.7 Å². The molecule has 2 heterocycles. The molecule has 146 valence electrons. The Bertz CT molecular complexity index is 1050. The minimum Gasteiger partial charge on any atom is -0.431 e. The molecule has 0 radical (unpaired) electrons. The van der Waals surface area contributed by atoms with Crippen molar-refractivity contribution in [2.75, 3.05) is 5.32 Å². The van der Waals surface area contributed by atoms with Crippen molar-refractivity contribution in [2.45, 2.75) is 24.3 Å². The highest BCUT2D eigenvalue weighted by molar-refractivity contribution is 8.00. The highest BCUT2D eigenvalue weighted by atomic mass is 32.2. The molecule has 29 heavy (non-hydrogen) atoms. The molecule has 4 rings (SSSR count). The van der Waals surface area contributed by atoms with Gasteiger partial charge in [0.25, 0.3) is 5.22 Å². The molecule has 0 unspecified atom stereocenters. The van der Waals surface area contributed by atoms with Gasteiger partial charge in [-0.1, -0.05) is 77.6 Å². The summed E-state index contributed by atoms with van der Waals surface area (Å²) in [5, 5.41) is 6.52. The molecule has 6 nitrogen and oxygen atoms in total. The second kappa shape index (κ2) is 8.36. The van der Waals surface area contributed by atoms with Crippen molar-refractivity contribution in [2.24, 2.45) is 0 Å². The predicted octanol–water partition coefficient (Wildman–Crippen LogP) is 5.42. The van der Waals surface area contributed by atoms with Crippen LogP contribution in [-0.2, 0) is 4.79 Å². The van der Waals surface area contributed by atoms with Gasteiger partial charge in [0.15, 0.2) is 11.6 Å². The van der Waals surface area contributed by atoms with Crippen LogP contribution in [0, 0.1) is 6.92 Å². The minimum absolute atomic E-state index is 0.205. The van der Waals surface area contributed by atoms with Crippen molar-refractivity contribution in [3.8, 4) is 22.6 Å². The van der Waals surface area contributed by atoms with Crippen LogP contribution in [0.1, 0.15) is 12.7 Å². The lowest BCUT2D eigenvalue weighted by Gasteiger charge is -2.07. The average Bonchev–Trinajstić information content (AvgIpc) is 3.35. The molecule has 2 aromatic heterocycles. The summed E-state index contributed by atoms with van der Waals surface area (Å²) in [5.74, 6) is 1.50. The van der Waals surface area contributed by atoms with Crippen LogP contribution >= 0.6 is 11.8 Å². The first-order chi connectivity index (χ1) is 14.1. The van der Waals surface area contributed by atoms with E-state index in [4.69, 9.17) is 8.94 Å². The number of hydrogen-bond acceptors (Lipinski definition) is 6. The molecule has 2 aromatic carbocycles. The predicted molar refractivity (Wildman–Crippen MR) is 113 cm³/mol. The smallest absolute Gasteiger partial charge is 0.257 e. The number of anilines is 1. The third-order valence-electron chi connectivity index (χ3n) is 4.22. The number of amides is 1. The Balaban J connectivity index is 1.59. The fraction of sp³-hybridized carbons (Fsp3) is 0.136. The van der Waals surface area contributed by atoms with Crippen molar-refractivity contribution in [3.05, 3.63) is 72.5 Å². The first kappa shape index (κ1) is 19.0. The van der Waals surface area contributed by atoms with Gasteiger partial charge in [0.05, 0.1) is 5.25 Å². The molecule has 0 aliphatic heterocycles. The zero-order valence-electron chi connectivity index (χ0n) is 16.0. The van der Waals surface area contributed by atoms with Crippen LogP contribution in [-0.4, -0.2) is 21.3 Å². The summed E-state index contributed by atoms with van der Waals surface area (Å²) in [7, 11) is 0. The standard InChI is InChI=1S/C22H19N3O3S/c1-14-13-18(25-28-14)23-21(26)15(2)29-22-24-19(16-9-5-3-6-10-16)20(27-22)17-11-7-4-8-12-17/h3-13,15H,1-2H3,(H,23,25,26)/t15-/m1/s1. The number of carbonyl (C=O) groups excluding carboxylic acids is 1. The summed E-state index contributed by atoms with van der Waals surface area (Å²) in [4.78, 5) is 17.1. The summed E-state index contributed by atoms with van der Waals surface area (Å²) in [6.45, 7) is 3.56. The molecular formula is C22H19N3O3S. The lowest BCUT2D eigenvalue weighted by Crippen LogP contribution is -2.22. The minimum atomic E-state index is -0.432. The maximum Gasteiger partial charge on any atom is 0.257 e. The molecule has 1 N–H and O–H groups in total. The van der Waals surface area contributed by atoms with E-state index in [1.165, 1.54) is 11.8 Å². The Labute approximate surface area is 172 Å². The fourth-order valence-corrected chi connectivity index (χ4v) is 3.53. The number of nitrogens with zero attached hydrogens (tertiary/aromatic N) is 2. The Morgan fingerprint density at radius 1 is 1.03 bits per heavy atom. The van der Waals surface area contributed by atoms with Crippen LogP contribution < -0.4 is 5.32 Å². The van der Waals surface area contributed by atoms with Crippen molar-refractivity contribution in [1.29, 1.82) is 0 Å². The van der Waals surface area contributed by atoms with Crippen molar-refractivity contribution in [1.82, 2.24) is 10.1 Å². The van der Waals surface area contributed by atoms with E-state index in [1.54, 1.807) is 19.9 Å². The lowest BCUT2D eigenvalue weighted by atomic mass is 10.1. The molecule has 1 atom stereocenters. The van der Waals surface area contributed by atoms with Crippen LogP contribution in [0.25, 0.3) is 22.6 Å². The van der Waals surface area contributed by atoms with Crippen LogP contribution in [0.4, 0.5) is 5.82 Å². The molecule has 7 heteroatoms. The van der Waals surface area contributed by atoms with Gasteiger partial charge >= 0.3 is 0 Å². The van der Waals surface area contributed by atoms with E-state index in [2.05, 4.69) is 15.5 Å². The number of thioether (sulfide) groups is 1. The zero-order chi connectivity index (χ0) is 20.2. The number of hydrogen-bond donors (Lipinski definition) is 1. The third-order valence-corrected chi connectivity index (χ3v) is 5.16. The van der Waals surface area contributed by atoms with Gasteiger partial charge in [0.2, 0.25) is 5.91 Å². The van der Waals surface area contributed by atoms with Crippen LogP contribution in [0.15, 0.2) is 80.9 Å². The summed E-state index contributed by atoms with van der Waals surface area (Å²) in [6.07, 6.45) is 0. The van der Waals surface area contributed by atoms with Gasteiger partial charge in [-0.2, -0.15) is 0 Å². The first-order valence-electron chi connectivity index (χ1n) is 9.12. The van der Waals surface area contributed by atoms with E-state index >= 15 is 0 Å². The van der Waals surface area contributed by atoms with E-state index in [0.717, 1.165) is 16.8 Å². The topological polar surface area (TPSA) is 81.2 Å². The number of nitrogens with one attached hydrogen (secondary N) is 1. The number of rotatable bonds is 6. The van der Waals surface area contributed by atoms with Crippen molar-refractivity contribution >= 4 is 23.5 Å². The summed E-state index contributed by atoms with van der Waals surface area (Å²) >= 11 is 1.25.